The van der Waals surface area contributed by atoms with Crippen molar-refractivity contribution in [1.82, 2.24) is 15.5 Å². The Bertz CT molecular complexity index is 306. The van der Waals surface area contributed by atoms with Gasteiger partial charge in [-0.1, -0.05) is 0 Å². The van der Waals surface area contributed by atoms with Gasteiger partial charge in [-0.15, -0.1) is 0 Å². The van der Waals surface area contributed by atoms with Crippen LogP contribution in [0.2, 0.25) is 0 Å². The van der Waals surface area contributed by atoms with E-state index in [1.165, 1.54) is 6.20 Å². The highest BCUT2D eigenvalue weighted by Gasteiger charge is 2.05. The van der Waals surface area contributed by atoms with Gasteiger partial charge in [-0.05, 0) is 13.8 Å². The number of aromatic amines is 1. The number of H-pyrrole nitrogens is 1. The number of hydrogen-bond donors (Lipinski definition) is 4. The van der Waals surface area contributed by atoms with Crippen molar-refractivity contribution in [2.45, 2.75) is 19.9 Å². The second-order valence-corrected chi connectivity index (χ2v) is 3.27. The molecule has 0 atom stereocenters. The number of anilines is 2. The van der Waals surface area contributed by atoms with Crippen molar-refractivity contribution in [3.05, 3.63) is 6.20 Å². The molecule has 6 nitrogen and oxygen atoms in total. The molecule has 5 N–H and O–H groups in total. The number of rotatable bonds is 4. The monoisotopic (exact) mass is 197 g/mol. The zero-order valence-electron chi connectivity index (χ0n) is 8.29. The van der Waals surface area contributed by atoms with Gasteiger partial charge in [0.1, 0.15) is 5.82 Å². The van der Waals surface area contributed by atoms with Gasteiger partial charge >= 0.3 is 0 Å². The Balaban J connectivity index is 2.34. The number of nitrogens with zero attached hydrogens (tertiary/aromatic N) is 1. The fourth-order valence-electron chi connectivity index (χ4n) is 0.986. The molecule has 1 amide bonds. The van der Waals surface area contributed by atoms with Gasteiger partial charge in [0.25, 0.3) is 0 Å². The minimum atomic E-state index is -0.0689. The summed E-state index contributed by atoms with van der Waals surface area (Å²) in [6, 6.07) is 0.144. The van der Waals surface area contributed by atoms with Crippen molar-refractivity contribution in [2.24, 2.45) is 0 Å². The molecule has 14 heavy (non-hydrogen) atoms. The van der Waals surface area contributed by atoms with Crippen molar-refractivity contribution in [3.63, 3.8) is 0 Å². The van der Waals surface area contributed by atoms with Crippen molar-refractivity contribution < 1.29 is 4.79 Å². The standard InChI is InChI=1S/C8H15N5O/c1-5(2)12-7(14)4-10-6-3-11-13-8(6)9/h3,5,10H,4H2,1-2H3,(H,12,14)(H3,9,11,13). The van der Waals surface area contributed by atoms with Crippen LogP contribution in [0.3, 0.4) is 0 Å². The number of amides is 1. The van der Waals surface area contributed by atoms with Crippen LogP contribution in [0, 0.1) is 0 Å². The van der Waals surface area contributed by atoms with Crippen molar-refractivity contribution >= 4 is 17.4 Å². The Morgan fingerprint density at radius 1 is 1.71 bits per heavy atom. The van der Waals surface area contributed by atoms with E-state index in [1.54, 1.807) is 0 Å². The molecule has 0 bridgehead atoms. The van der Waals surface area contributed by atoms with E-state index in [1.807, 2.05) is 13.8 Å². The Morgan fingerprint density at radius 3 is 2.93 bits per heavy atom. The molecule has 0 saturated heterocycles. The van der Waals surface area contributed by atoms with Crippen LogP contribution in [0.25, 0.3) is 0 Å². The minimum absolute atomic E-state index is 0.0689. The maximum absolute atomic E-state index is 11.2. The third-order valence-electron chi connectivity index (χ3n) is 1.56. The average Bonchev–Trinajstić information content (AvgIpc) is 2.46. The first-order chi connectivity index (χ1) is 6.59. The minimum Gasteiger partial charge on any atom is -0.382 e. The van der Waals surface area contributed by atoms with E-state index >= 15 is 0 Å². The lowest BCUT2D eigenvalue weighted by Crippen LogP contribution is -2.34. The molecule has 0 fully saturated rings. The first kappa shape index (κ1) is 10.4. The number of carbonyl (C=O) groups excluding carboxylic acids is 1. The third kappa shape index (κ3) is 2.96. The number of nitrogens with two attached hydrogens (primary N) is 1. The van der Waals surface area contributed by atoms with Gasteiger partial charge in [0.2, 0.25) is 5.91 Å². The van der Waals surface area contributed by atoms with E-state index in [-0.39, 0.29) is 18.5 Å². The van der Waals surface area contributed by atoms with Crippen molar-refractivity contribution in [1.29, 1.82) is 0 Å². The van der Waals surface area contributed by atoms with Gasteiger partial charge in [0.05, 0.1) is 18.4 Å². The fraction of sp³-hybridized carbons (Fsp3) is 0.500. The molecular weight excluding hydrogens is 182 g/mol. The Labute approximate surface area is 82.3 Å². The van der Waals surface area contributed by atoms with Gasteiger partial charge in [0.15, 0.2) is 0 Å². The summed E-state index contributed by atoms with van der Waals surface area (Å²) in [6.45, 7) is 4.01. The van der Waals surface area contributed by atoms with Crippen LogP contribution in [0.4, 0.5) is 11.5 Å². The van der Waals surface area contributed by atoms with Gasteiger partial charge in [-0.2, -0.15) is 5.10 Å². The van der Waals surface area contributed by atoms with E-state index in [4.69, 9.17) is 5.73 Å². The predicted octanol–water partition coefficient (Wildman–Crippen LogP) is -0.0716. The molecule has 0 spiro atoms. The molecule has 78 valence electrons. The summed E-state index contributed by atoms with van der Waals surface area (Å²) < 4.78 is 0. The SMILES string of the molecule is CC(C)NC(=O)CNc1cn[nH]c1N. The van der Waals surface area contributed by atoms with Crippen LogP contribution >= 0.6 is 0 Å². The van der Waals surface area contributed by atoms with Crippen LogP contribution in [0.15, 0.2) is 6.20 Å². The summed E-state index contributed by atoms with van der Waals surface area (Å²) in [6.07, 6.45) is 1.54. The van der Waals surface area contributed by atoms with Crippen LogP contribution in [-0.2, 0) is 4.79 Å². The lowest BCUT2D eigenvalue weighted by atomic mass is 10.4. The van der Waals surface area contributed by atoms with Crippen LogP contribution < -0.4 is 16.4 Å². The van der Waals surface area contributed by atoms with Crippen LogP contribution in [0.1, 0.15) is 13.8 Å². The second kappa shape index (κ2) is 4.50. The third-order valence-corrected chi connectivity index (χ3v) is 1.56. The number of hydrogen-bond acceptors (Lipinski definition) is 4. The maximum atomic E-state index is 11.2. The van der Waals surface area contributed by atoms with E-state index < -0.39 is 0 Å². The zero-order chi connectivity index (χ0) is 10.6. The topological polar surface area (TPSA) is 95.8 Å². The lowest BCUT2D eigenvalue weighted by molar-refractivity contribution is -0.119. The maximum Gasteiger partial charge on any atom is 0.239 e. The van der Waals surface area contributed by atoms with Gasteiger partial charge in [0, 0.05) is 6.04 Å². The number of nitrogens with one attached hydrogen (secondary N) is 3. The Hall–Kier alpha value is -1.72. The molecule has 0 saturated carbocycles. The molecule has 0 aliphatic rings. The zero-order valence-corrected chi connectivity index (χ0v) is 8.29. The first-order valence-corrected chi connectivity index (χ1v) is 4.41. The second-order valence-electron chi connectivity index (χ2n) is 3.27. The fourth-order valence-corrected chi connectivity index (χ4v) is 0.986. The predicted molar refractivity (Wildman–Crippen MR) is 54.8 cm³/mol. The van der Waals surface area contributed by atoms with Gasteiger partial charge < -0.3 is 16.4 Å². The molecular formula is C8H15N5O. The molecule has 1 aromatic heterocycles. The number of aromatic nitrogens is 2. The molecule has 0 unspecified atom stereocenters. The molecule has 0 aromatic carbocycles. The summed E-state index contributed by atoms with van der Waals surface area (Å²) >= 11 is 0. The van der Waals surface area contributed by atoms with Gasteiger partial charge in [-0.25, -0.2) is 0 Å². The molecule has 1 heterocycles. The normalized spacial score (nSPS) is 10.2. The summed E-state index contributed by atoms with van der Waals surface area (Å²) in [5, 5.41) is 11.9. The summed E-state index contributed by atoms with van der Waals surface area (Å²) in [7, 11) is 0. The molecule has 0 radical (unpaired) electrons. The van der Waals surface area contributed by atoms with Crippen molar-refractivity contribution in [2.75, 3.05) is 17.6 Å². The molecule has 0 aliphatic heterocycles. The Kier molecular flexibility index (Phi) is 3.33. The smallest absolute Gasteiger partial charge is 0.239 e. The largest absolute Gasteiger partial charge is 0.382 e. The van der Waals surface area contributed by atoms with Crippen LogP contribution in [-0.4, -0.2) is 28.7 Å². The summed E-state index contributed by atoms with van der Waals surface area (Å²) in [5.74, 6) is 0.364. The highest BCUT2D eigenvalue weighted by molar-refractivity contribution is 5.81. The lowest BCUT2D eigenvalue weighted by Gasteiger charge is -2.08. The van der Waals surface area contributed by atoms with Crippen molar-refractivity contribution in [3.8, 4) is 0 Å². The Morgan fingerprint density at radius 2 is 2.43 bits per heavy atom. The summed E-state index contributed by atoms with van der Waals surface area (Å²) in [4.78, 5) is 11.2. The van der Waals surface area contributed by atoms with Crippen LogP contribution in [0.5, 0.6) is 0 Å². The highest BCUT2D eigenvalue weighted by Crippen LogP contribution is 2.11. The molecule has 1 aromatic rings. The van der Waals surface area contributed by atoms with Gasteiger partial charge in [-0.3, -0.25) is 9.89 Å². The first-order valence-electron chi connectivity index (χ1n) is 4.41. The van der Waals surface area contributed by atoms with E-state index in [2.05, 4.69) is 20.8 Å². The quantitative estimate of drug-likeness (QED) is 0.543. The molecule has 6 heteroatoms. The van der Waals surface area contributed by atoms with E-state index in [9.17, 15) is 4.79 Å². The average molecular weight is 197 g/mol. The van der Waals surface area contributed by atoms with E-state index in [0.717, 1.165) is 0 Å². The summed E-state index contributed by atoms with van der Waals surface area (Å²) in [5.41, 5.74) is 6.16. The number of carbonyl (C=O) groups is 1. The number of nitrogen functional groups attached to an aromatic ring is 1. The molecule has 1 rings (SSSR count). The van der Waals surface area contributed by atoms with E-state index in [0.29, 0.717) is 11.5 Å². The highest BCUT2D eigenvalue weighted by atomic mass is 16.1. The molecule has 0 aliphatic carbocycles.